The lowest BCUT2D eigenvalue weighted by atomic mass is 10.0. The highest BCUT2D eigenvalue weighted by molar-refractivity contribution is 9.10. The largest absolute Gasteiger partial charge is 0.464 e. The van der Waals surface area contributed by atoms with Gasteiger partial charge in [-0.2, -0.15) is 0 Å². The van der Waals surface area contributed by atoms with Gasteiger partial charge in [-0.15, -0.1) is 0 Å². The molecule has 1 aromatic heterocycles. The molecule has 1 N–H and O–H groups in total. The highest BCUT2D eigenvalue weighted by Gasteiger charge is 2.23. The van der Waals surface area contributed by atoms with Gasteiger partial charge in [-0.05, 0) is 49.4 Å². The smallest absolute Gasteiger partial charge is 0.263 e. The molecule has 0 spiro atoms. The monoisotopic (exact) mass is 453 g/mol. The predicted molar refractivity (Wildman–Crippen MR) is 114 cm³/mol. The topological polar surface area (TPSA) is 59.3 Å². The molecule has 1 amide bonds. The summed E-state index contributed by atoms with van der Waals surface area (Å²) in [5.74, 6) is 0.273. The fourth-order valence-corrected chi connectivity index (χ4v) is 3.73. The second-order valence-corrected chi connectivity index (χ2v) is 7.76. The highest BCUT2D eigenvalue weighted by Crippen LogP contribution is 2.28. The van der Waals surface area contributed by atoms with E-state index in [9.17, 15) is 9.59 Å². The van der Waals surface area contributed by atoms with Gasteiger partial charge in [0.2, 0.25) is 5.43 Å². The molecule has 6 heteroatoms. The molecule has 146 valence electrons. The van der Waals surface area contributed by atoms with Crippen molar-refractivity contribution in [2.45, 2.75) is 59.8 Å². The van der Waals surface area contributed by atoms with E-state index in [1.54, 1.807) is 6.92 Å². The van der Waals surface area contributed by atoms with Crippen molar-refractivity contribution in [2.75, 3.05) is 5.32 Å². The van der Waals surface area contributed by atoms with Gasteiger partial charge in [-0.25, -0.2) is 0 Å². The third-order valence-corrected chi connectivity index (χ3v) is 5.44. The molecule has 0 aliphatic carbocycles. The highest BCUT2D eigenvalue weighted by atomic mass is 79.9. The summed E-state index contributed by atoms with van der Waals surface area (Å²) in [7, 11) is 0. The fraction of sp³-hybridized carbons (Fsp3) is 0.429. The number of nitrogens with one attached hydrogen (secondary N) is 1. The van der Waals surface area contributed by atoms with E-state index in [-0.39, 0.29) is 10.6 Å². The van der Waals surface area contributed by atoms with Crippen LogP contribution in [0.5, 0.6) is 0 Å². The van der Waals surface area contributed by atoms with Crippen molar-refractivity contribution in [1.82, 2.24) is 0 Å². The minimum Gasteiger partial charge on any atom is -0.464 e. The van der Waals surface area contributed by atoms with Crippen LogP contribution in [0.4, 0.5) is 5.69 Å². The number of benzene rings is 1. The number of rotatable bonds is 7. The number of carbonyl (C=O) groups excluding carboxylic acids is 1. The Bertz CT molecular complexity index is 880. The van der Waals surface area contributed by atoms with Gasteiger partial charge in [-0.3, -0.25) is 9.59 Å². The molecule has 2 aromatic rings. The van der Waals surface area contributed by atoms with Crippen LogP contribution >= 0.6 is 27.5 Å². The molecular formula is C21H25BrClNO3. The summed E-state index contributed by atoms with van der Waals surface area (Å²) in [4.78, 5) is 25.8. The van der Waals surface area contributed by atoms with E-state index in [0.29, 0.717) is 17.9 Å². The van der Waals surface area contributed by atoms with Gasteiger partial charge in [0.1, 0.15) is 22.1 Å². The van der Waals surface area contributed by atoms with Crippen LogP contribution in [0.15, 0.2) is 25.8 Å². The zero-order valence-electron chi connectivity index (χ0n) is 16.2. The van der Waals surface area contributed by atoms with Crippen LogP contribution in [0.25, 0.3) is 0 Å². The maximum atomic E-state index is 13.1. The molecule has 0 bridgehead atoms. The Labute approximate surface area is 173 Å². The van der Waals surface area contributed by atoms with Crippen molar-refractivity contribution in [1.29, 1.82) is 0 Å². The lowest BCUT2D eigenvalue weighted by Gasteiger charge is -2.16. The van der Waals surface area contributed by atoms with Crippen molar-refractivity contribution in [3.8, 4) is 0 Å². The molecule has 1 aromatic carbocycles. The van der Waals surface area contributed by atoms with Gasteiger partial charge < -0.3 is 9.73 Å². The van der Waals surface area contributed by atoms with E-state index in [4.69, 9.17) is 16.0 Å². The summed E-state index contributed by atoms with van der Waals surface area (Å²) < 4.78 is 6.68. The van der Waals surface area contributed by atoms with Gasteiger partial charge in [0.05, 0.1) is 0 Å². The fourth-order valence-electron chi connectivity index (χ4n) is 3.04. The Morgan fingerprint density at radius 1 is 1.19 bits per heavy atom. The molecule has 2 rings (SSSR count). The van der Waals surface area contributed by atoms with Gasteiger partial charge in [-0.1, -0.05) is 54.7 Å². The third-order valence-electron chi connectivity index (χ3n) is 4.54. The molecule has 4 nitrogen and oxygen atoms in total. The van der Waals surface area contributed by atoms with Crippen molar-refractivity contribution < 1.29 is 9.21 Å². The number of anilines is 1. The van der Waals surface area contributed by atoms with Crippen molar-refractivity contribution in [3.05, 3.63) is 60.1 Å². The zero-order valence-corrected chi connectivity index (χ0v) is 18.5. The minimum absolute atomic E-state index is 0.00562. The number of amides is 1. The van der Waals surface area contributed by atoms with Gasteiger partial charge in [0.15, 0.2) is 0 Å². The molecule has 27 heavy (non-hydrogen) atoms. The number of halogens is 2. The minimum atomic E-state index is -0.475. The Kier molecular flexibility index (Phi) is 7.68. The summed E-state index contributed by atoms with van der Waals surface area (Å²) in [5.41, 5.74) is 2.30. The Balaban J connectivity index is 2.54. The van der Waals surface area contributed by atoms with Crippen LogP contribution in [0.2, 0.25) is 5.02 Å². The van der Waals surface area contributed by atoms with Gasteiger partial charge in [0, 0.05) is 16.6 Å². The maximum Gasteiger partial charge on any atom is 0.263 e. The van der Waals surface area contributed by atoms with E-state index < -0.39 is 11.3 Å². The standard InChI is InChI=1S/C21H25BrClNO3/c1-5-8-9-16-17(20(25)18(23)12(4)27-16)21(26)24-19-13(6-2)10-15(22)11-14(19)7-3/h10-11H,5-9H2,1-4H3,(H,24,26). The zero-order chi connectivity index (χ0) is 20.1. The average Bonchev–Trinajstić information content (AvgIpc) is 2.65. The van der Waals surface area contributed by atoms with E-state index in [0.717, 1.165) is 47.0 Å². The van der Waals surface area contributed by atoms with Crippen molar-refractivity contribution >= 4 is 39.1 Å². The SMILES string of the molecule is CCCCc1oc(C)c(Cl)c(=O)c1C(=O)Nc1c(CC)cc(Br)cc1CC. The van der Waals surface area contributed by atoms with Crippen LogP contribution < -0.4 is 10.7 Å². The molecule has 0 unspecified atom stereocenters. The van der Waals surface area contributed by atoms with Crippen molar-refractivity contribution in [2.24, 2.45) is 0 Å². The number of hydrogen-bond acceptors (Lipinski definition) is 3. The molecule has 0 saturated carbocycles. The normalized spacial score (nSPS) is 10.9. The Morgan fingerprint density at radius 3 is 2.30 bits per heavy atom. The Morgan fingerprint density at radius 2 is 1.78 bits per heavy atom. The molecule has 1 heterocycles. The molecule has 0 atom stereocenters. The molecule has 0 fully saturated rings. The van der Waals surface area contributed by atoms with Crippen LogP contribution in [-0.4, -0.2) is 5.91 Å². The number of unbranched alkanes of at least 4 members (excludes halogenated alkanes) is 1. The number of hydrogen-bond donors (Lipinski definition) is 1. The summed E-state index contributed by atoms with van der Waals surface area (Å²) in [6.45, 7) is 7.74. The summed E-state index contributed by atoms with van der Waals surface area (Å²) in [5, 5.41) is 2.91. The average molecular weight is 455 g/mol. The van der Waals surface area contributed by atoms with Gasteiger partial charge >= 0.3 is 0 Å². The lowest BCUT2D eigenvalue weighted by Crippen LogP contribution is -2.25. The second-order valence-electron chi connectivity index (χ2n) is 6.46. The first-order valence-electron chi connectivity index (χ1n) is 9.28. The molecular weight excluding hydrogens is 430 g/mol. The third kappa shape index (κ3) is 4.82. The predicted octanol–water partition coefficient (Wildman–Crippen LogP) is 6.08. The van der Waals surface area contributed by atoms with E-state index in [1.807, 2.05) is 32.9 Å². The van der Waals surface area contributed by atoms with Crippen LogP contribution in [-0.2, 0) is 19.3 Å². The second kappa shape index (κ2) is 9.56. The summed E-state index contributed by atoms with van der Waals surface area (Å²) >= 11 is 9.60. The van der Waals surface area contributed by atoms with E-state index >= 15 is 0 Å². The Hall–Kier alpha value is -1.59. The summed E-state index contributed by atoms with van der Waals surface area (Å²) in [6.07, 6.45) is 3.79. The lowest BCUT2D eigenvalue weighted by molar-refractivity contribution is 0.102. The first-order valence-corrected chi connectivity index (χ1v) is 10.5. The molecule has 0 radical (unpaired) electrons. The molecule has 0 aliphatic rings. The number of aryl methyl sites for hydroxylation is 4. The van der Waals surface area contributed by atoms with Crippen LogP contribution in [0.3, 0.4) is 0 Å². The number of carbonyl (C=O) groups is 1. The van der Waals surface area contributed by atoms with E-state index in [2.05, 4.69) is 21.2 Å². The maximum absolute atomic E-state index is 13.1. The molecule has 0 aliphatic heterocycles. The van der Waals surface area contributed by atoms with Crippen molar-refractivity contribution in [3.63, 3.8) is 0 Å². The first kappa shape index (κ1) is 21.7. The molecule has 0 saturated heterocycles. The van der Waals surface area contributed by atoms with E-state index in [1.165, 1.54) is 0 Å². The quantitative estimate of drug-likeness (QED) is 0.551. The van der Waals surface area contributed by atoms with Gasteiger partial charge in [0.25, 0.3) is 5.91 Å². The van der Waals surface area contributed by atoms with Crippen LogP contribution in [0.1, 0.15) is 66.6 Å². The summed E-state index contributed by atoms with van der Waals surface area (Å²) in [6, 6.07) is 3.97. The first-order chi connectivity index (χ1) is 12.8. The van der Waals surface area contributed by atoms with Crippen LogP contribution in [0, 0.1) is 6.92 Å².